The van der Waals surface area contributed by atoms with Crippen LogP contribution in [0.4, 0.5) is 0 Å². The standard InChI is InChI=1S/C20H31Si3.Na/c1-5-22(6-2,19-15-11-9-12-16-19)21-23(7-3,8-4)20-17-13-10-14-18-20;/h9-18,21H,5-8H2,1-4H3;. The van der Waals surface area contributed by atoms with Gasteiger partial charge in [0.1, 0.15) is 0 Å². The first-order chi connectivity index (χ1) is 11.6. The van der Waals surface area contributed by atoms with Crippen LogP contribution < -0.4 is 10.4 Å². The molecule has 0 fully saturated rings. The van der Waals surface area contributed by atoms with Crippen LogP contribution in [0, 0.1) is 0 Å². The van der Waals surface area contributed by atoms with E-state index in [9.17, 15) is 0 Å². The molecule has 24 heavy (non-hydrogen) atoms. The molecule has 0 aliphatic rings. The van der Waals surface area contributed by atoms with Crippen LogP contribution in [0.15, 0.2) is 60.7 Å². The van der Waals surface area contributed by atoms with Crippen LogP contribution >= 0.6 is 0 Å². The Labute approximate surface area is 168 Å². The van der Waals surface area contributed by atoms with Crippen molar-refractivity contribution in [2.24, 2.45) is 0 Å². The van der Waals surface area contributed by atoms with Crippen molar-refractivity contribution in [3.8, 4) is 0 Å². The molecule has 0 nitrogen and oxygen atoms in total. The maximum atomic E-state index is 2.51. The van der Waals surface area contributed by atoms with Gasteiger partial charge in [0.15, 0.2) is 0 Å². The summed E-state index contributed by atoms with van der Waals surface area (Å²) in [5.74, 6) is 0. The van der Waals surface area contributed by atoms with Gasteiger partial charge in [-0.15, -0.1) is 0 Å². The molecule has 124 valence electrons. The van der Waals surface area contributed by atoms with Crippen molar-refractivity contribution in [1.82, 2.24) is 0 Å². The van der Waals surface area contributed by atoms with Crippen molar-refractivity contribution in [3.05, 3.63) is 60.7 Å². The quantitative estimate of drug-likeness (QED) is 0.613. The molecule has 0 aliphatic carbocycles. The van der Waals surface area contributed by atoms with E-state index in [2.05, 4.69) is 88.4 Å². The van der Waals surface area contributed by atoms with Crippen molar-refractivity contribution in [2.75, 3.05) is 0 Å². The summed E-state index contributed by atoms with van der Waals surface area (Å²) >= 11 is 1.47. The third-order valence-corrected chi connectivity index (χ3v) is 64.9. The molecule has 0 amide bonds. The van der Waals surface area contributed by atoms with E-state index in [1.165, 1.54) is 51.2 Å². The van der Waals surface area contributed by atoms with Gasteiger partial charge in [0.05, 0.1) is 0 Å². The molecule has 0 bridgehead atoms. The molecule has 4 heteroatoms. The molecule has 0 spiro atoms. The maximum absolute atomic E-state index is 2.51. The van der Waals surface area contributed by atoms with Gasteiger partial charge in [-0.2, -0.15) is 0 Å². The minimum atomic E-state index is -1.32. The van der Waals surface area contributed by atoms with E-state index in [0.717, 1.165) is 0 Å². The fraction of sp³-hybridized carbons (Fsp3) is 0.400. The van der Waals surface area contributed by atoms with Crippen LogP contribution in [0.25, 0.3) is 0 Å². The Morgan fingerprint density at radius 3 is 1.17 bits per heavy atom. The van der Waals surface area contributed by atoms with Gasteiger partial charge in [-0.3, -0.25) is 0 Å². The average molecular weight is 379 g/mol. The molecule has 2 rings (SSSR count). The van der Waals surface area contributed by atoms with Crippen LogP contribution in [0.5, 0.6) is 0 Å². The topological polar surface area (TPSA) is 0 Å². The Kier molecular flexibility index (Phi) is 7.78. The van der Waals surface area contributed by atoms with Gasteiger partial charge in [-0.05, 0) is 0 Å². The fourth-order valence-electron chi connectivity index (χ4n) is 5.11. The molecule has 0 N–H and O–H groups in total. The van der Waals surface area contributed by atoms with Crippen molar-refractivity contribution in [3.63, 3.8) is 0 Å². The second-order valence-corrected chi connectivity index (χ2v) is 41.2. The monoisotopic (exact) mass is 378 g/mol. The van der Waals surface area contributed by atoms with Gasteiger partial charge in [-0.25, -0.2) is 0 Å². The summed E-state index contributed by atoms with van der Waals surface area (Å²) in [4.78, 5) is 0. The summed E-state index contributed by atoms with van der Waals surface area (Å²) in [6.45, 7) is 10.0. The number of benzene rings is 2. The van der Waals surface area contributed by atoms with Gasteiger partial charge in [0.2, 0.25) is 0 Å². The first kappa shape index (κ1) is 20.4. The van der Waals surface area contributed by atoms with E-state index in [0.29, 0.717) is 0 Å². The van der Waals surface area contributed by atoms with E-state index in [1.54, 1.807) is 10.4 Å². The van der Waals surface area contributed by atoms with Crippen LogP contribution in [-0.4, -0.2) is 46.6 Å². The number of hydrogen-bond donors (Lipinski definition) is 0. The summed E-state index contributed by atoms with van der Waals surface area (Å²) in [7, 11) is -2.64. The number of rotatable bonds is 8. The van der Waals surface area contributed by atoms with Crippen molar-refractivity contribution in [1.29, 1.82) is 0 Å². The molecule has 2 aromatic rings. The van der Waals surface area contributed by atoms with E-state index < -0.39 is 19.6 Å². The van der Waals surface area contributed by atoms with E-state index in [1.807, 2.05) is 0 Å². The summed E-state index contributed by atoms with van der Waals surface area (Å²) < 4.78 is -0.740. The average Bonchev–Trinajstić information content (AvgIpc) is 2.66. The SMILES string of the molecule is CC[Si](CC)(c1ccccc1)[SiH]([Na])[Si](CC)(CC)c1ccccc1. The Morgan fingerprint density at radius 1 is 0.625 bits per heavy atom. The third kappa shape index (κ3) is 3.62. The molecule has 0 unspecified atom stereocenters. The van der Waals surface area contributed by atoms with E-state index in [-0.39, 0.29) is 0 Å². The molecule has 0 aliphatic heterocycles. The minimum absolute atomic E-state index is 0.740. The van der Waals surface area contributed by atoms with Crippen molar-refractivity contribution in [2.45, 2.75) is 51.9 Å². The van der Waals surface area contributed by atoms with E-state index in [4.69, 9.17) is 0 Å². The zero-order chi connectivity index (χ0) is 17.6. The summed E-state index contributed by atoms with van der Waals surface area (Å²) in [6.07, 6.45) is 0. The van der Waals surface area contributed by atoms with Gasteiger partial charge >= 0.3 is 170 Å². The molecule has 0 saturated heterocycles. The second-order valence-electron chi connectivity index (χ2n) is 7.18. The van der Waals surface area contributed by atoms with Crippen molar-refractivity contribution >= 4 is 57.0 Å². The van der Waals surface area contributed by atoms with Crippen LogP contribution in [0.2, 0.25) is 24.2 Å². The Bertz CT molecular complexity index is 552. The molecular formula is C20H31NaSi3. The Hall–Kier alpha value is 0.0906. The van der Waals surface area contributed by atoms with Gasteiger partial charge in [-0.1, -0.05) is 0 Å². The van der Waals surface area contributed by atoms with E-state index >= 15 is 0 Å². The summed E-state index contributed by atoms with van der Waals surface area (Å²) in [5, 5.41) is 3.55. The zero-order valence-corrected chi connectivity index (χ0v) is 21.3. The summed E-state index contributed by atoms with van der Waals surface area (Å²) in [6, 6.07) is 29.3. The molecule has 0 heterocycles. The molecule has 0 atom stereocenters. The first-order valence-corrected chi connectivity index (χ1v) is 22.8. The Morgan fingerprint density at radius 2 is 0.917 bits per heavy atom. The van der Waals surface area contributed by atoms with Crippen LogP contribution in [-0.2, 0) is 0 Å². The second kappa shape index (κ2) is 9.15. The normalized spacial score (nSPS) is 12.6. The first-order valence-electron chi connectivity index (χ1n) is 9.72. The summed E-state index contributed by atoms with van der Waals surface area (Å²) in [5.41, 5.74) is 0. The van der Waals surface area contributed by atoms with Crippen LogP contribution in [0.3, 0.4) is 0 Å². The van der Waals surface area contributed by atoms with Gasteiger partial charge in [0.25, 0.3) is 0 Å². The van der Waals surface area contributed by atoms with Gasteiger partial charge < -0.3 is 0 Å². The molecule has 0 saturated carbocycles. The molecule has 0 aromatic heterocycles. The molecule has 2 aromatic carbocycles. The number of hydrogen-bond acceptors (Lipinski definition) is 0. The van der Waals surface area contributed by atoms with Crippen molar-refractivity contribution < 1.29 is 0 Å². The molecule has 0 radical (unpaired) electrons. The zero-order valence-electron chi connectivity index (χ0n) is 16.2. The van der Waals surface area contributed by atoms with Gasteiger partial charge in [0, 0.05) is 0 Å². The predicted molar refractivity (Wildman–Crippen MR) is 118 cm³/mol. The molecular weight excluding hydrogens is 347 g/mol. The Balaban J connectivity index is 2.60. The van der Waals surface area contributed by atoms with Crippen LogP contribution in [0.1, 0.15) is 27.7 Å². The fourth-order valence-corrected chi connectivity index (χ4v) is 69.2. The predicted octanol–water partition coefficient (Wildman–Crippen LogP) is 3.83. The third-order valence-electron chi connectivity index (χ3n) is 6.88.